The van der Waals surface area contributed by atoms with Gasteiger partial charge in [0, 0.05) is 12.6 Å². The predicted octanol–water partition coefficient (Wildman–Crippen LogP) is 2.75. The third-order valence-corrected chi connectivity index (χ3v) is 2.38. The van der Waals surface area contributed by atoms with E-state index < -0.39 is 0 Å². The van der Waals surface area contributed by atoms with Crippen LogP contribution in [-0.4, -0.2) is 38.0 Å². The molecule has 4 heteroatoms. The number of hydrogen-bond acceptors (Lipinski definition) is 2. The Morgan fingerprint density at radius 3 is 2.78 bits per heavy atom. The van der Waals surface area contributed by atoms with Crippen LogP contribution in [0.4, 0.5) is 4.39 Å². The van der Waals surface area contributed by atoms with E-state index in [0.29, 0.717) is 17.9 Å². The number of rotatable bonds is 5. The number of benzene rings is 1. The lowest BCUT2D eigenvalue weighted by Gasteiger charge is -2.10. The van der Waals surface area contributed by atoms with Gasteiger partial charge in [0.05, 0.1) is 18.1 Å². The molecule has 0 unspecified atom stereocenters. The SMILES string of the molecule is CN(C)CCCOc1ccc(C#CCCl)c(F)c1. The molecular formula is C14H17ClFNO. The minimum absolute atomic E-state index is 0.197. The van der Waals surface area contributed by atoms with Crippen molar-refractivity contribution in [3.63, 3.8) is 0 Å². The second kappa shape index (κ2) is 7.97. The summed E-state index contributed by atoms with van der Waals surface area (Å²) in [5.41, 5.74) is 0.344. The maximum atomic E-state index is 13.6. The molecule has 0 fully saturated rings. The van der Waals surface area contributed by atoms with Gasteiger partial charge < -0.3 is 9.64 Å². The van der Waals surface area contributed by atoms with Crippen molar-refractivity contribution in [1.82, 2.24) is 4.90 Å². The highest BCUT2D eigenvalue weighted by Gasteiger charge is 2.02. The summed E-state index contributed by atoms with van der Waals surface area (Å²) >= 11 is 5.42. The van der Waals surface area contributed by atoms with Crippen molar-refractivity contribution in [3.05, 3.63) is 29.6 Å². The van der Waals surface area contributed by atoms with Crippen molar-refractivity contribution in [2.45, 2.75) is 6.42 Å². The molecule has 0 saturated carbocycles. The van der Waals surface area contributed by atoms with Gasteiger partial charge >= 0.3 is 0 Å². The first-order valence-electron chi connectivity index (χ1n) is 5.75. The molecule has 0 heterocycles. The summed E-state index contributed by atoms with van der Waals surface area (Å²) in [7, 11) is 4.01. The zero-order chi connectivity index (χ0) is 13.4. The van der Waals surface area contributed by atoms with Gasteiger partial charge in [-0.25, -0.2) is 4.39 Å². The van der Waals surface area contributed by atoms with Crippen LogP contribution in [0.2, 0.25) is 0 Å². The fraction of sp³-hybridized carbons (Fsp3) is 0.429. The van der Waals surface area contributed by atoms with Crippen molar-refractivity contribution in [2.75, 3.05) is 33.1 Å². The van der Waals surface area contributed by atoms with E-state index in [9.17, 15) is 4.39 Å². The molecule has 18 heavy (non-hydrogen) atoms. The van der Waals surface area contributed by atoms with E-state index in [1.54, 1.807) is 12.1 Å². The Balaban J connectivity index is 2.51. The van der Waals surface area contributed by atoms with Crippen LogP contribution in [0.25, 0.3) is 0 Å². The Morgan fingerprint density at radius 2 is 2.17 bits per heavy atom. The molecule has 0 radical (unpaired) electrons. The van der Waals surface area contributed by atoms with E-state index >= 15 is 0 Å². The van der Waals surface area contributed by atoms with E-state index in [1.165, 1.54) is 6.07 Å². The Bertz CT molecular complexity index is 437. The van der Waals surface area contributed by atoms with Gasteiger partial charge in [-0.1, -0.05) is 11.8 Å². The highest BCUT2D eigenvalue weighted by atomic mass is 35.5. The standard InChI is InChI=1S/C14H17ClFNO/c1-17(2)9-4-10-18-13-7-6-12(5-3-8-15)14(16)11-13/h6-7,11H,4,8-10H2,1-2H3. The van der Waals surface area contributed by atoms with Crippen LogP contribution in [-0.2, 0) is 0 Å². The van der Waals surface area contributed by atoms with Crippen LogP contribution in [0.1, 0.15) is 12.0 Å². The van der Waals surface area contributed by atoms with Crippen LogP contribution in [0.15, 0.2) is 18.2 Å². The Morgan fingerprint density at radius 1 is 1.39 bits per heavy atom. The van der Waals surface area contributed by atoms with Gasteiger partial charge in [-0.2, -0.15) is 0 Å². The first-order chi connectivity index (χ1) is 8.63. The zero-order valence-corrected chi connectivity index (χ0v) is 11.4. The van der Waals surface area contributed by atoms with Crippen molar-refractivity contribution >= 4 is 11.6 Å². The topological polar surface area (TPSA) is 12.5 Å². The van der Waals surface area contributed by atoms with Gasteiger partial charge in [0.25, 0.3) is 0 Å². The molecule has 1 aromatic carbocycles. The second-order valence-corrected chi connectivity index (χ2v) is 4.35. The summed E-state index contributed by atoms with van der Waals surface area (Å²) in [6, 6.07) is 4.68. The maximum absolute atomic E-state index is 13.6. The number of nitrogens with zero attached hydrogens (tertiary/aromatic N) is 1. The maximum Gasteiger partial charge on any atom is 0.142 e. The Labute approximate surface area is 113 Å². The van der Waals surface area contributed by atoms with Crippen LogP contribution in [0.5, 0.6) is 5.75 Å². The first-order valence-corrected chi connectivity index (χ1v) is 6.29. The molecule has 2 nitrogen and oxygen atoms in total. The minimum atomic E-state index is -0.377. The Kier molecular flexibility index (Phi) is 6.56. The fourth-order valence-electron chi connectivity index (χ4n) is 1.39. The van der Waals surface area contributed by atoms with E-state index in [0.717, 1.165) is 13.0 Å². The molecule has 0 aliphatic heterocycles. The van der Waals surface area contributed by atoms with Gasteiger partial charge in [-0.15, -0.1) is 11.6 Å². The summed E-state index contributed by atoms with van der Waals surface area (Å²) in [6.45, 7) is 1.52. The molecule has 1 rings (SSSR count). The monoisotopic (exact) mass is 269 g/mol. The van der Waals surface area contributed by atoms with Gasteiger partial charge in [0.2, 0.25) is 0 Å². The summed E-state index contributed by atoms with van der Waals surface area (Å²) in [4.78, 5) is 2.08. The van der Waals surface area contributed by atoms with Crippen molar-refractivity contribution in [1.29, 1.82) is 0 Å². The number of alkyl halides is 1. The highest BCUT2D eigenvalue weighted by Crippen LogP contribution is 2.16. The van der Waals surface area contributed by atoms with E-state index in [2.05, 4.69) is 16.7 Å². The lowest BCUT2D eigenvalue weighted by Crippen LogP contribution is -2.15. The lowest BCUT2D eigenvalue weighted by atomic mass is 10.2. The highest BCUT2D eigenvalue weighted by molar-refractivity contribution is 6.19. The first kappa shape index (κ1) is 14.8. The van der Waals surface area contributed by atoms with Crippen molar-refractivity contribution in [2.24, 2.45) is 0 Å². The molecular weight excluding hydrogens is 253 g/mol. The van der Waals surface area contributed by atoms with Gasteiger partial charge in [-0.05, 0) is 32.6 Å². The lowest BCUT2D eigenvalue weighted by molar-refractivity contribution is 0.280. The van der Waals surface area contributed by atoms with Crippen molar-refractivity contribution < 1.29 is 9.13 Å². The van der Waals surface area contributed by atoms with E-state index in [4.69, 9.17) is 16.3 Å². The van der Waals surface area contributed by atoms with Crippen LogP contribution in [0, 0.1) is 17.7 Å². The molecule has 0 bridgehead atoms. The van der Waals surface area contributed by atoms with Gasteiger partial charge in [0.15, 0.2) is 0 Å². The predicted molar refractivity (Wildman–Crippen MR) is 72.7 cm³/mol. The molecule has 0 N–H and O–H groups in total. The van der Waals surface area contributed by atoms with Crippen LogP contribution < -0.4 is 4.74 Å². The third kappa shape index (κ3) is 5.39. The normalized spacial score (nSPS) is 10.1. The molecule has 1 aromatic rings. The zero-order valence-electron chi connectivity index (χ0n) is 10.7. The molecule has 0 saturated heterocycles. The number of ether oxygens (including phenoxy) is 1. The third-order valence-electron chi connectivity index (χ3n) is 2.25. The van der Waals surface area contributed by atoms with Gasteiger partial charge in [0.1, 0.15) is 11.6 Å². The minimum Gasteiger partial charge on any atom is -0.493 e. The smallest absolute Gasteiger partial charge is 0.142 e. The van der Waals surface area contributed by atoms with E-state index in [-0.39, 0.29) is 11.7 Å². The molecule has 0 aliphatic rings. The average Bonchev–Trinajstić information content (AvgIpc) is 2.33. The van der Waals surface area contributed by atoms with Crippen LogP contribution in [0.3, 0.4) is 0 Å². The van der Waals surface area contributed by atoms with Gasteiger partial charge in [-0.3, -0.25) is 0 Å². The summed E-state index contributed by atoms with van der Waals surface area (Å²) in [6.07, 6.45) is 0.905. The summed E-state index contributed by atoms with van der Waals surface area (Å²) < 4.78 is 19.0. The van der Waals surface area contributed by atoms with E-state index in [1.807, 2.05) is 14.1 Å². The summed E-state index contributed by atoms with van der Waals surface area (Å²) in [5.74, 6) is 5.62. The molecule has 0 atom stereocenters. The number of hydrogen-bond donors (Lipinski definition) is 0. The second-order valence-electron chi connectivity index (χ2n) is 4.08. The average molecular weight is 270 g/mol. The van der Waals surface area contributed by atoms with Crippen molar-refractivity contribution in [3.8, 4) is 17.6 Å². The number of halogens is 2. The quantitative estimate of drug-likeness (QED) is 0.463. The molecule has 98 valence electrons. The van der Waals surface area contributed by atoms with Crippen LogP contribution >= 0.6 is 11.6 Å². The molecule has 0 aliphatic carbocycles. The molecule has 0 aromatic heterocycles. The summed E-state index contributed by atoms with van der Waals surface area (Å²) in [5, 5.41) is 0. The molecule has 0 amide bonds. The Hall–Kier alpha value is -1.24. The molecule has 0 spiro atoms. The largest absolute Gasteiger partial charge is 0.493 e. The fourth-order valence-corrected chi connectivity index (χ4v) is 1.45.